The lowest BCUT2D eigenvalue weighted by Gasteiger charge is -2.08. The van der Waals surface area contributed by atoms with E-state index in [1.807, 2.05) is 18.5 Å². The third-order valence-electron chi connectivity index (χ3n) is 2.67. The van der Waals surface area contributed by atoms with E-state index in [1.54, 1.807) is 6.92 Å². The largest absolute Gasteiger partial charge is 0.288 e. The molecular formula is C14H21NOS. The Hall–Kier alpha value is -0.830. The first-order valence-electron chi connectivity index (χ1n) is 6.24. The average Bonchev–Trinajstić information content (AvgIpc) is 2.29. The van der Waals surface area contributed by atoms with Crippen LogP contribution < -0.4 is 0 Å². The van der Waals surface area contributed by atoms with Crippen molar-refractivity contribution in [2.45, 2.75) is 51.2 Å². The fourth-order valence-corrected chi connectivity index (χ4v) is 2.68. The Morgan fingerprint density at radius 1 is 1.41 bits per heavy atom. The molecule has 17 heavy (non-hydrogen) atoms. The van der Waals surface area contributed by atoms with Gasteiger partial charge in [-0.05, 0) is 30.9 Å². The second-order valence-electron chi connectivity index (χ2n) is 4.38. The summed E-state index contributed by atoms with van der Waals surface area (Å²) in [4.78, 5) is 15.0. The molecule has 1 unspecified atom stereocenters. The number of hydrogen-bond donors (Lipinski definition) is 0. The standard InChI is InChI=1S/C14H21NOS/c1-12(17-13(2)16)7-4-3-5-8-14-9-6-10-15-11-14/h6,9-12H,3-5,7-8H2,1-2H3. The summed E-state index contributed by atoms with van der Waals surface area (Å²) in [5.41, 5.74) is 1.32. The van der Waals surface area contributed by atoms with Crippen LogP contribution in [-0.2, 0) is 11.2 Å². The van der Waals surface area contributed by atoms with Crippen molar-refractivity contribution in [1.82, 2.24) is 4.98 Å². The maximum atomic E-state index is 10.9. The Morgan fingerprint density at radius 3 is 2.88 bits per heavy atom. The molecule has 0 N–H and O–H groups in total. The van der Waals surface area contributed by atoms with Crippen molar-refractivity contribution in [2.24, 2.45) is 0 Å². The molecule has 1 aromatic rings. The number of rotatable bonds is 7. The van der Waals surface area contributed by atoms with Crippen LogP contribution in [-0.4, -0.2) is 15.3 Å². The highest BCUT2D eigenvalue weighted by Gasteiger charge is 2.05. The number of pyridine rings is 1. The molecule has 94 valence electrons. The molecule has 0 aliphatic carbocycles. The number of aryl methyl sites for hydroxylation is 1. The first-order valence-corrected chi connectivity index (χ1v) is 7.12. The second-order valence-corrected chi connectivity index (χ2v) is 6.00. The fraction of sp³-hybridized carbons (Fsp3) is 0.571. The molecule has 0 saturated carbocycles. The monoisotopic (exact) mass is 251 g/mol. The number of thioether (sulfide) groups is 1. The molecule has 1 rings (SSSR count). The van der Waals surface area contributed by atoms with Gasteiger partial charge in [0.15, 0.2) is 5.12 Å². The van der Waals surface area contributed by atoms with Crippen LogP contribution in [0, 0.1) is 0 Å². The minimum absolute atomic E-state index is 0.229. The molecule has 2 nitrogen and oxygen atoms in total. The van der Waals surface area contributed by atoms with E-state index in [9.17, 15) is 4.79 Å². The fourth-order valence-electron chi connectivity index (χ4n) is 1.83. The summed E-state index contributed by atoms with van der Waals surface area (Å²) in [6, 6.07) is 4.11. The van der Waals surface area contributed by atoms with Crippen molar-refractivity contribution in [3.05, 3.63) is 30.1 Å². The molecule has 0 aliphatic rings. The number of unbranched alkanes of at least 4 members (excludes halogenated alkanes) is 2. The normalized spacial score (nSPS) is 12.4. The van der Waals surface area contributed by atoms with E-state index in [0.29, 0.717) is 5.25 Å². The first-order chi connectivity index (χ1) is 8.18. The highest BCUT2D eigenvalue weighted by atomic mass is 32.2. The van der Waals surface area contributed by atoms with Crippen LogP contribution in [0.1, 0.15) is 45.1 Å². The zero-order chi connectivity index (χ0) is 12.5. The molecule has 0 bridgehead atoms. The van der Waals surface area contributed by atoms with Gasteiger partial charge in [0.25, 0.3) is 0 Å². The Kier molecular flexibility index (Phi) is 6.94. The Balaban J connectivity index is 2.03. The van der Waals surface area contributed by atoms with Crippen molar-refractivity contribution in [2.75, 3.05) is 0 Å². The zero-order valence-electron chi connectivity index (χ0n) is 10.7. The minimum Gasteiger partial charge on any atom is -0.288 e. The predicted octanol–water partition coefficient (Wildman–Crippen LogP) is 3.85. The summed E-state index contributed by atoms with van der Waals surface area (Å²) in [6.07, 6.45) is 9.65. The predicted molar refractivity (Wildman–Crippen MR) is 74.1 cm³/mol. The lowest BCUT2D eigenvalue weighted by atomic mass is 10.1. The van der Waals surface area contributed by atoms with Crippen molar-refractivity contribution in [1.29, 1.82) is 0 Å². The van der Waals surface area contributed by atoms with E-state index in [2.05, 4.69) is 18.0 Å². The molecular weight excluding hydrogens is 230 g/mol. The SMILES string of the molecule is CC(=O)SC(C)CCCCCc1cccnc1. The van der Waals surface area contributed by atoms with Gasteiger partial charge in [0, 0.05) is 24.6 Å². The van der Waals surface area contributed by atoms with E-state index in [1.165, 1.54) is 36.6 Å². The highest BCUT2D eigenvalue weighted by Crippen LogP contribution is 2.18. The van der Waals surface area contributed by atoms with Crippen molar-refractivity contribution < 1.29 is 4.79 Å². The third kappa shape index (κ3) is 7.16. The zero-order valence-corrected chi connectivity index (χ0v) is 11.5. The molecule has 0 aliphatic heterocycles. The molecule has 1 heterocycles. The average molecular weight is 251 g/mol. The number of nitrogens with zero attached hydrogens (tertiary/aromatic N) is 1. The molecule has 0 aromatic carbocycles. The van der Waals surface area contributed by atoms with Gasteiger partial charge in [0.1, 0.15) is 0 Å². The first kappa shape index (κ1) is 14.2. The smallest absolute Gasteiger partial charge is 0.186 e. The molecule has 0 fully saturated rings. The molecule has 0 spiro atoms. The van der Waals surface area contributed by atoms with Crippen LogP contribution in [0.15, 0.2) is 24.5 Å². The van der Waals surface area contributed by atoms with Gasteiger partial charge in [-0.1, -0.05) is 37.6 Å². The third-order valence-corrected chi connectivity index (χ3v) is 3.64. The summed E-state index contributed by atoms with van der Waals surface area (Å²) < 4.78 is 0. The van der Waals surface area contributed by atoms with E-state index >= 15 is 0 Å². The van der Waals surface area contributed by atoms with E-state index in [0.717, 1.165) is 12.8 Å². The van der Waals surface area contributed by atoms with Gasteiger partial charge in [-0.2, -0.15) is 0 Å². The number of aromatic nitrogens is 1. The molecule has 0 amide bonds. The van der Waals surface area contributed by atoms with Crippen LogP contribution in [0.25, 0.3) is 0 Å². The summed E-state index contributed by atoms with van der Waals surface area (Å²) in [7, 11) is 0. The molecule has 3 heteroatoms. The van der Waals surface area contributed by atoms with Crippen LogP contribution in [0.3, 0.4) is 0 Å². The second kappa shape index (κ2) is 8.29. The van der Waals surface area contributed by atoms with Crippen LogP contribution in [0.2, 0.25) is 0 Å². The van der Waals surface area contributed by atoms with Crippen molar-refractivity contribution in [3.8, 4) is 0 Å². The van der Waals surface area contributed by atoms with Gasteiger partial charge in [-0.3, -0.25) is 9.78 Å². The van der Waals surface area contributed by atoms with Crippen LogP contribution >= 0.6 is 11.8 Å². The Bertz CT molecular complexity index is 326. The summed E-state index contributed by atoms with van der Waals surface area (Å²) in [6.45, 7) is 3.77. The van der Waals surface area contributed by atoms with Crippen molar-refractivity contribution in [3.63, 3.8) is 0 Å². The van der Waals surface area contributed by atoms with Crippen LogP contribution in [0.5, 0.6) is 0 Å². The number of carbonyl (C=O) groups excluding carboxylic acids is 1. The lowest BCUT2D eigenvalue weighted by molar-refractivity contribution is -0.109. The maximum Gasteiger partial charge on any atom is 0.186 e. The van der Waals surface area contributed by atoms with Gasteiger partial charge >= 0.3 is 0 Å². The summed E-state index contributed by atoms with van der Waals surface area (Å²) in [5.74, 6) is 0. The summed E-state index contributed by atoms with van der Waals surface area (Å²) >= 11 is 1.46. The van der Waals surface area contributed by atoms with Crippen LogP contribution in [0.4, 0.5) is 0 Å². The van der Waals surface area contributed by atoms with Crippen molar-refractivity contribution >= 4 is 16.9 Å². The van der Waals surface area contributed by atoms with E-state index in [4.69, 9.17) is 0 Å². The molecule has 0 saturated heterocycles. The maximum absolute atomic E-state index is 10.9. The molecule has 1 aromatic heterocycles. The van der Waals surface area contributed by atoms with E-state index in [-0.39, 0.29) is 5.12 Å². The summed E-state index contributed by atoms with van der Waals surface area (Å²) in [5, 5.41) is 0.693. The van der Waals surface area contributed by atoms with Gasteiger partial charge in [-0.15, -0.1) is 0 Å². The molecule has 1 atom stereocenters. The highest BCUT2D eigenvalue weighted by molar-refractivity contribution is 8.14. The topological polar surface area (TPSA) is 30.0 Å². The number of hydrogen-bond acceptors (Lipinski definition) is 3. The van der Waals surface area contributed by atoms with Gasteiger partial charge in [-0.25, -0.2) is 0 Å². The Morgan fingerprint density at radius 2 is 2.24 bits per heavy atom. The minimum atomic E-state index is 0.229. The quantitative estimate of drug-likeness (QED) is 0.689. The van der Waals surface area contributed by atoms with E-state index < -0.39 is 0 Å². The van der Waals surface area contributed by atoms with Gasteiger partial charge < -0.3 is 0 Å². The van der Waals surface area contributed by atoms with Gasteiger partial charge in [0.2, 0.25) is 0 Å². The lowest BCUT2D eigenvalue weighted by Crippen LogP contribution is -1.99. The Labute approximate surface area is 108 Å². The molecule has 0 radical (unpaired) electrons. The van der Waals surface area contributed by atoms with Gasteiger partial charge in [0.05, 0.1) is 0 Å². The number of carbonyl (C=O) groups is 1.